The summed E-state index contributed by atoms with van der Waals surface area (Å²) < 4.78 is 8.60. The third-order valence-corrected chi connectivity index (χ3v) is 5.26. The molecule has 116 valence electrons. The van der Waals surface area contributed by atoms with Crippen molar-refractivity contribution in [3.63, 3.8) is 0 Å². The van der Waals surface area contributed by atoms with Gasteiger partial charge < -0.3 is 14.6 Å². The summed E-state index contributed by atoms with van der Waals surface area (Å²) in [6.45, 7) is 2.32. The summed E-state index contributed by atoms with van der Waals surface area (Å²) in [4.78, 5) is 0. The first-order valence-corrected chi connectivity index (χ1v) is 8.61. The van der Waals surface area contributed by atoms with Gasteiger partial charge in [0.15, 0.2) is 0 Å². The fraction of sp³-hybridized carbons (Fsp3) is 0.300. The Kier molecular flexibility index (Phi) is 2.95. The van der Waals surface area contributed by atoms with Gasteiger partial charge >= 0.3 is 0 Å². The van der Waals surface area contributed by atoms with E-state index in [2.05, 4.69) is 28.1 Å². The van der Waals surface area contributed by atoms with E-state index in [1.165, 1.54) is 36.7 Å². The molecule has 2 aliphatic rings. The van der Waals surface area contributed by atoms with Crippen molar-refractivity contribution in [2.45, 2.75) is 31.8 Å². The first kappa shape index (κ1) is 13.2. The van der Waals surface area contributed by atoms with E-state index >= 15 is 0 Å². The first-order valence-electron chi connectivity index (χ1n) is 8.61. The normalized spacial score (nSPS) is 19.6. The van der Waals surface area contributed by atoms with Crippen molar-refractivity contribution in [1.82, 2.24) is 4.57 Å². The molecule has 2 N–H and O–H groups in total. The number of aryl methyl sites for hydroxylation is 1. The minimum atomic E-state index is 0.665. The van der Waals surface area contributed by atoms with E-state index in [4.69, 9.17) is 4.74 Å². The fourth-order valence-electron chi connectivity index (χ4n) is 4.31. The number of quaternary nitrogens is 1. The molecule has 0 unspecified atom stereocenters. The molecular formula is C20H21N2O+. The Labute approximate surface area is 135 Å². The predicted octanol–water partition coefficient (Wildman–Crippen LogP) is 3.39. The molecule has 1 aliphatic carbocycles. The van der Waals surface area contributed by atoms with Crippen LogP contribution in [-0.2, 0) is 13.0 Å². The Morgan fingerprint density at radius 2 is 1.96 bits per heavy atom. The molecule has 0 spiro atoms. The standard InChI is InChI=1S/C20H20N2O/c1-2-5-14(6-3-1)23-15-9-10-19-17(13-15)16-7-4-8-18-20(16)22(19)12-11-21-18/h1-3,5-6,9-10,13,18,21H,4,7-8,11-12H2/p+1/t18-/m1/s1. The van der Waals surface area contributed by atoms with Crippen molar-refractivity contribution in [1.29, 1.82) is 0 Å². The molecule has 1 atom stereocenters. The van der Waals surface area contributed by atoms with E-state index in [0.717, 1.165) is 18.0 Å². The topological polar surface area (TPSA) is 30.8 Å². The summed E-state index contributed by atoms with van der Waals surface area (Å²) in [5.41, 5.74) is 4.52. The molecular weight excluding hydrogens is 284 g/mol. The summed E-state index contributed by atoms with van der Waals surface area (Å²) >= 11 is 0. The molecule has 3 heteroatoms. The van der Waals surface area contributed by atoms with Gasteiger partial charge in [0.05, 0.1) is 18.8 Å². The average Bonchev–Trinajstić information content (AvgIpc) is 2.92. The van der Waals surface area contributed by atoms with Gasteiger partial charge in [0.2, 0.25) is 0 Å². The molecule has 1 aliphatic heterocycles. The Bertz CT molecular complexity index is 864. The van der Waals surface area contributed by atoms with Gasteiger partial charge in [-0.3, -0.25) is 0 Å². The maximum absolute atomic E-state index is 6.05. The Balaban J connectivity index is 1.63. The molecule has 0 radical (unpaired) electrons. The highest BCUT2D eigenvalue weighted by molar-refractivity contribution is 5.87. The SMILES string of the molecule is c1ccc(Oc2ccc3c(c2)c2c4n3CC[NH2+][C@@H]4CCC2)cc1. The van der Waals surface area contributed by atoms with Crippen LogP contribution in [0.5, 0.6) is 11.5 Å². The number of benzene rings is 2. The molecule has 5 rings (SSSR count). The van der Waals surface area contributed by atoms with Gasteiger partial charge in [0.1, 0.15) is 17.5 Å². The van der Waals surface area contributed by atoms with Crippen LogP contribution in [0.4, 0.5) is 0 Å². The van der Waals surface area contributed by atoms with Crippen LogP contribution in [0.25, 0.3) is 10.9 Å². The molecule has 3 aromatic rings. The third kappa shape index (κ3) is 2.07. The highest BCUT2D eigenvalue weighted by Crippen LogP contribution is 2.38. The molecule has 2 heterocycles. The number of para-hydroxylation sites is 1. The van der Waals surface area contributed by atoms with Gasteiger partial charge in [-0.15, -0.1) is 0 Å². The zero-order valence-electron chi connectivity index (χ0n) is 13.2. The van der Waals surface area contributed by atoms with Crippen molar-refractivity contribution in [2.24, 2.45) is 0 Å². The number of nitrogens with two attached hydrogens (primary N) is 1. The van der Waals surface area contributed by atoms with Crippen molar-refractivity contribution in [3.05, 3.63) is 59.8 Å². The molecule has 0 amide bonds. The maximum Gasteiger partial charge on any atom is 0.128 e. The Morgan fingerprint density at radius 3 is 2.87 bits per heavy atom. The molecule has 0 saturated heterocycles. The van der Waals surface area contributed by atoms with Crippen LogP contribution in [0.1, 0.15) is 30.1 Å². The van der Waals surface area contributed by atoms with Crippen molar-refractivity contribution >= 4 is 10.9 Å². The number of ether oxygens (including phenoxy) is 1. The molecule has 23 heavy (non-hydrogen) atoms. The Morgan fingerprint density at radius 1 is 1.04 bits per heavy atom. The molecule has 0 bridgehead atoms. The summed E-state index contributed by atoms with van der Waals surface area (Å²) in [5.74, 6) is 1.84. The summed E-state index contributed by atoms with van der Waals surface area (Å²) in [6, 6.07) is 17.3. The van der Waals surface area contributed by atoms with Crippen LogP contribution in [0.15, 0.2) is 48.5 Å². The van der Waals surface area contributed by atoms with E-state index < -0.39 is 0 Å². The largest absolute Gasteiger partial charge is 0.457 e. The van der Waals surface area contributed by atoms with Crippen molar-refractivity contribution in [2.75, 3.05) is 6.54 Å². The number of hydrogen-bond acceptors (Lipinski definition) is 1. The molecule has 1 aromatic heterocycles. The summed E-state index contributed by atoms with van der Waals surface area (Å²) in [7, 11) is 0. The second kappa shape index (κ2) is 5.14. The quantitative estimate of drug-likeness (QED) is 0.773. The minimum Gasteiger partial charge on any atom is -0.457 e. The smallest absolute Gasteiger partial charge is 0.128 e. The maximum atomic E-state index is 6.05. The zero-order valence-corrected chi connectivity index (χ0v) is 13.2. The average molecular weight is 305 g/mol. The van der Waals surface area contributed by atoms with Crippen LogP contribution in [0.3, 0.4) is 0 Å². The number of aromatic nitrogens is 1. The lowest BCUT2D eigenvalue weighted by atomic mass is 9.91. The Hall–Kier alpha value is -2.26. The second-order valence-corrected chi connectivity index (χ2v) is 6.63. The fourth-order valence-corrected chi connectivity index (χ4v) is 4.31. The van der Waals surface area contributed by atoms with Crippen LogP contribution < -0.4 is 10.1 Å². The molecule has 2 aromatic carbocycles. The van der Waals surface area contributed by atoms with Gasteiger partial charge in [-0.2, -0.15) is 0 Å². The van der Waals surface area contributed by atoms with Crippen molar-refractivity contribution in [3.8, 4) is 11.5 Å². The monoisotopic (exact) mass is 305 g/mol. The number of fused-ring (bicyclic) bond motifs is 3. The highest BCUT2D eigenvalue weighted by atomic mass is 16.5. The predicted molar refractivity (Wildman–Crippen MR) is 90.9 cm³/mol. The lowest BCUT2D eigenvalue weighted by Gasteiger charge is -2.27. The van der Waals surface area contributed by atoms with E-state index in [9.17, 15) is 0 Å². The lowest BCUT2D eigenvalue weighted by Crippen LogP contribution is -2.88. The van der Waals surface area contributed by atoms with Gasteiger partial charge in [0, 0.05) is 17.3 Å². The van der Waals surface area contributed by atoms with Crippen molar-refractivity contribution < 1.29 is 10.1 Å². The first-order chi connectivity index (χ1) is 11.4. The number of nitrogens with zero attached hydrogens (tertiary/aromatic N) is 1. The van der Waals surface area contributed by atoms with Crippen LogP contribution in [-0.4, -0.2) is 11.1 Å². The molecule has 3 nitrogen and oxygen atoms in total. The second-order valence-electron chi connectivity index (χ2n) is 6.63. The van der Waals surface area contributed by atoms with Crippen LogP contribution in [0.2, 0.25) is 0 Å². The van der Waals surface area contributed by atoms with E-state index in [1.807, 2.05) is 30.3 Å². The van der Waals surface area contributed by atoms with Gasteiger partial charge in [-0.25, -0.2) is 0 Å². The molecule has 0 fully saturated rings. The third-order valence-electron chi connectivity index (χ3n) is 5.26. The van der Waals surface area contributed by atoms with Crippen LogP contribution >= 0.6 is 0 Å². The molecule has 0 saturated carbocycles. The van der Waals surface area contributed by atoms with Gasteiger partial charge in [-0.1, -0.05) is 18.2 Å². The highest BCUT2D eigenvalue weighted by Gasteiger charge is 2.32. The number of rotatable bonds is 2. The van der Waals surface area contributed by atoms with E-state index in [1.54, 1.807) is 11.3 Å². The number of hydrogen-bond donors (Lipinski definition) is 1. The van der Waals surface area contributed by atoms with Gasteiger partial charge in [0.25, 0.3) is 0 Å². The van der Waals surface area contributed by atoms with E-state index in [-0.39, 0.29) is 0 Å². The minimum absolute atomic E-state index is 0.665. The van der Waals surface area contributed by atoms with Gasteiger partial charge in [-0.05, 0) is 48.7 Å². The summed E-state index contributed by atoms with van der Waals surface area (Å²) in [5, 5.41) is 3.92. The van der Waals surface area contributed by atoms with Crippen LogP contribution in [0, 0.1) is 0 Å². The van der Waals surface area contributed by atoms with E-state index in [0.29, 0.717) is 6.04 Å². The lowest BCUT2D eigenvalue weighted by molar-refractivity contribution is -0.704. The zero-order chi connectivity index (χ0) is 15.2. The summed E-state index contributed by atoms with van der Waals surface area (Å²) in [6.07, 6.45) is 3.83.